The van der Waals surface area contributed by atoms with E-state index in [0.717, 1.165) is 13.1 Å². The molecule has 3 heterocycles. The predicted molar refractivity (Wildman–Crippen MR) is 105 cm³/mol. The van der Waals surface area contributed by atoms with Gasteiger partial charge in [-0.05, 0) is 38.1 Å². The Morgan fingerprint density at radius 1 is 1.37 bits per heavy atom. The van der Waals surface area contributed by atoms with Crippen LogP contribution < -0.4 is 16.0 Å². The molecular weight excluding hydrogens is 392 g/mol. The molecule has 10 heteroatoms. The number of hydrogen-bond donors (Lipinski definition) is 3. The SMILES string of the molecule is COC1(C(=O)Nc2nc(-c3ccc(CNC(C)=O)o3)cs2)CCNCC1.Cl. The molecule has 1 aliphatic rings. The summed E-state index contributed by atoms with van der Waals surface area (Å²) in [6.07, 6.45) is 1.25. The van der Waals surface area contributed by atoms with E-state index >= 15 is 0 Å². The summed E-state index contributed by atoms with van der Waals surface area (Å²) in [5.41, 5.74) is -0.177. The largest absolute Gasteiger partial charge is 0.458 e. The normalized spacial score (nSPS) is 15.6. The minimum Gasteiger partial charge on any atom is -0.458 e. The molecule has 1 saturated heterocycles. The Morgan fingerprint density at radius 3 is 2.78 bits per heavy atom. The van der Waals surface area contributed by atoms with Gasteiger partial charge in [0.15, 0.2) is 10.9 Å². The second-order valence-corrected chi connectivity index (χ2v) is 6.97. The van der Waals surface area contributed by atoms with E-state index in [9.17, 15) is 9.59 Å². The van der Waals surface area contributed by atoms with Gasteiger partial charge in [-0.25, -0.2) is 4.98 Å². The van der Waals surface area contributed by atoms with Gasteiger partial charge >= 0.3 is 0 Å². The maximum Gasteiger partial charge on any atom is 0.258 e. The molecule has 1 aliphatic heterocycles. The second kappa shape index (κ2) is 9.32. The van der Waals surface area contributed by atoms with E-state index < -0.39 is 5.60 Å². The van der Waals surface area contributed by atoms with Gasteiger partial charge in [-0.1, -0.05) is 0 Å². The molecule has 2 aromatic heterocycles. The third-order valence-corrected chi connectivity index (χ3v) is 5.12. The molecule has 148 valence electrons. The molecule has 0 unspecified atom stereocenters. The van der Waals surface area contributed by atoms with E-state index in [1.54, 1.807) is 19.2 Å². The lowest BCUT2D eigenvalue weighted by atomic mass is 9.91. The zero-order valence-corrected chi connectivity index (χ0v) is 16.8. The molecule has 27 heavy (non-hydrogen) atoms. The van der Waals surface area contributed by atoms with Crippen molar-refractivity contribution in [3.8, 4) is 11.5 Å². The molecule has 0 radical (unpaired) electrons. The van der Waals surface area contributed by atoms with Crippen molar-refractivity contribution in [1.82, 2.24) is 15.6 Å². The average Bonchev–Trinajstić information content (AvgIpc) is 3.29. The van der Waals surface area contributed by atoms with Gasteiger partial charge in [0, 0.05) is 19.4 Å². The van der Waals surface area contributed by atoms with Gasteiger partial charge in [0.2, 0.25) is 5.91 Å². The maximum atomic E-state index is 12.7. The highest BCUT2D eigenvalue weighted by atomic mass is 35.5. The average molecular weight is 415 g/mol. The first-order valence-electron chi connectivity index (χ1n) is 8.39. The van der Waals surface area contributed by atoms with Crippen molar-refractivity contribution < 1.29 is 18.7 Å². The number of carbonyl (C=O) groups is 2. The van der Waals surface area contributed by atoms with Crippen LogP contribution in [0.5, 0.6) is 0 Å². The van der Waals surface area contributed by atoms with Crippen molar-refractivity contribution in [3.63, 3.8) is 0 Å². The minimum atomic E-state index is -0.812. The number of piperidine rings is 1. The fraction of sp³-hybridized carbons (Fsp3) is 0.471. The molecule has 0 bridgehead atoms. The van der Waals surface area contributed by atoms with Crippen LogP contribution in [-0.4, -0.2) is 42.6 Å². The Labute approximate surface area is 167 Å². The Hall–Kier alpha value is -1.94. The molecule has 2 aromatic rings. The molecule has 0 saturated carbocycles. The van der Waals surface area contributed by atoms with Crippen molar-refractivity contribution in [1.29, 1.82) is 0 Å². The second-order valence-electron chi connectivity index (χ2n) is 6.12. The van der Waals surface area contributed by atoms with Crippen LogP contribution in [0.2, 0.25) is 0 Å². The fourth-order valence-corrected chi connectivity index (χ4v) is 3.53. The van der Waals surface area contributed by atoms with Crippen LogP contribution in [0.3, 0.4) is 0 Å². The summed E-state index contributed by atoms with van der Waals surface area (Å²) in [5.74, 6) is 0.937. The van der Waals surface area contributed by atoms with E-state index in [0.29, 0.717) is 41.7 Å². The van der Waals surface area contributed by atoms with E-state index in [-0.39, 0.29) is 24.2 Å². The van der Waals surface area contributed by atoms with Crippen molar-refractivity contribution >= 4 is 40.7 Å². The number of furan rings is 1. The van der Waals surface area contributed by atoms with Crippen LogP contribution in [0, 0.1) is 0 Å². The minimum absolute atomic E-state index is 0. The third kappa shape index (κ3) is 5.07. The number of nitrogens with zero attached hydrogens (tertiary/aromatic N) is 1. The van der Waals surface area contributed by atoms with E-state index in [1.807, 2.05) is 5.38 Å². The number of halogens is 1. The van der Waals surface area contributed by atoms with Crippen LogP contribution in [0.4, 0.5) is 5.13 Å². The topological polar surface area (TPSA) is 105 Å². The lowest BCUT2D eigenvalue weighted by Crippen LogP contribution is -2.51. The Morgan fingerprint density at radius 2 is 2.11 bits per heavy atom. The summed E-state index contributed by atoms with van der Waals surface area (Å²) >= 11 is 1.33. The zero-order valence-electron chi connectivity index (χ0n) is 15.2. The molecule has 0 aliphatic carbocycles. The van der Waals surface area contributed by atoms with Crippen LogP contribution >= 0.6 is 23.7 Å². The highest BCUT2D eigenvalue weighted by Gasteiger charge is 2.40. The molecular formula is C17H23ClN4O4S. The number of amides is 2. The molecule has 0 aromatic carbocycles. The number of ether oxygens (including phenoxy) is 1. The number of anilines is 1. The summed E-state index contributed by atoms with van der Waals surface area (Å²) in [6.45, 7) is 3.27. The molecule has 0 atom stereocenters. The van der Waals surface area contributed by atoms with E-state index in [4.69, 9.17) is 9.15 Å². The number of methoxy groups -OCH3 is 1. The van der Waals surface area contributed by atoms with Crippen LogP contribution in [0.1, 0.15) is 25.5 Å². The monoisotopic (exact) mass is 414 g/mol. The fourth-order valence-electron chi connectivity index (χ4n) is 2.83. The van der Waals surface area contributed by atoms with Crippen LogP contribution in [0.15, 0.2) is 21.9 Å². The highest BCUT2D eigenvalue weighted by molar-refractivity contribution is 7.14. The number of nitrogens with one attached hydrogen (secondary N) is 3. The van der Waals surface area contributed by atoms with Gasteiger partial charge in [-0.3, -0.25) is 14.9 Å². The number of thiazole rings is 1. The summed E-state index contributed by atoms with van der Waals surface area (Å²) in [6, 6.07) is 3.58. The molecule has 3 N–H and O–H groups in total. The predicted octanol–water partition coefficient (Wildman–Crippen LogP) is 2.17. The number of carbonyl (C=O) groups excluding carboxylic acids is 2. The molecule has 8 nitrogen and oxygen atoms in total. The summed E-state index contributed by atoms with van der Waals surface area (Å²) in [7, 11) is 1.57. The first kappa shape index (κ1) is 21.4. The maximum absolute atomic E-state index is 12.7. The first-order chi connectivity index (χ1) is 12.5. The smallest absolute Gasteiger partial charge is 0.258 e. The van der Waals surface area contributed by atoms with Crippen molar-refractivity contribution in [2.75, 3.05) is 25.5 Å². The summed E-state index contributed by atoms with van der Waals surface area (Å²) in [4.78, 5) is 28.0. The third-order valence-electron chi connectivity index (χ3n) is 4.37. The van der Waals surface area contributed by atoms with Gasteiger partial charge in [-0.2, -0.15) is 0 Å². The van der Waals surface area contributed by atoms with Gasteiger partial charge in [0.05, 0.1) is 6.54 Å². The van der Waals surface area contributed by atoms with E-state index in [1.165, 1.54) is 18.3 Å². The van der Waals surface area contributed by atoms with Gasteiger partial charge < -0.3 is 19.8 Å². The van der Waals surface area contributed by atoms with Crippen molar-refractivity contribution in [2.24, 2.45) is 0 Å². The van der Waals surface area contributed by atoms with Gasteiger partial charge in [0.1, 0.15) is 17.1 Å². The Kier molecular flexibility index (Phi) is 7.37. The van der Waals surface area contributed by atoms with E-state index in [2.05, 4.69) is 20.9 Å². The number of rotatable bonds is 6. The van der Waals surface area contributed by atoms with Gasteiger partial charge in [0.25, 0.3) is 5.91 Å². The number of aromatic nitrogens is 1. The highest BCUT2D eigenvalue weighted by Crippen LogP contribution is 2.29. The van der Waals surface area contributed by atoms with Crippen molar-refractivity contribution in [2.45, 2.75) is 31.9 Å². The molecule has 0 spiro atoms. The summed E-state index contributed by atoms with van der Waals surface area (Å²) in [5, 5.41) is 11.1. The quantitative estimate of drug-likeness (QED) is 0.669. The lowest BCUT2D eigenvalue weighted by Gasteiger charge is -2.34. The summed E-state index contributed by atoms with van der Waals surface area (Å²) < 4.78 is 11.2. The van der Waals surface area contributed by atoms with Crippen molar-refractivity contribution in [3.05, 3.63) is 23.3 Å². The zero-order chi connectivity index (χ0) is 18.6. The first-order valence-corrected chi connectivity index (χ1v) is 9.27. The molecule has 1 fully saturated rings. The molecule has 3 rings (SSSR count). The Bertz CT molecular complexity index is 786. The molecule has 2 amide bonds. The standard InChI is InChI=1S/C17H22N4O4S.ClH/c1-11(22)19-9-12-3-4-14(25-12)13-10-26-16(20-13)21-15(23)17(24-2)5-7-18-8-6-17;/h3-4,10,18H,5-9H2,1-2H3,(H,19,22)(H,20,21,23);1H. The number of hydrogen-bond acceptors (Lipinski definition) is 7. The van der Waals surface area contributed by atoms with Crippen LogP contribution in [-0.2, 0) is 20.9 Å². The Balaban J connectivity index is 0.00000261. The van der Waals surface area contributed by atoms with Gasteiger partial charge in [-0.15, -0.1) is 23.7 Å². The lowest BCUT2D eigenvalue weighted by molar-refractivity contribution is -0.140. The van der Waals surface area contributed by atoms with Crippen LogP contribution in [0.25, 0.3) is 11.5 Å².